The zero-order valence-corrected chi connectivity index (χ0v) is 19.5. The number of nitrogen functional groups attached to an aromatic ring is 1. The zero-order chi connectivity index (χ0) is 26.4. The van der Waals surface area contributed by atoms with Crippen LogP contribution in [-0.2, 0) is 49.9 Å². The van der Waals surface area contributed by atoms with E-state index in [1.54, 1.807) is 0 Å². The average molecular weight is 499 g/mol. The molecule has 1 aliphatic heterocycles. The molecule has 35 heavy (non-hydrogen) atoms. The Morgan fingerprint density at radius 3 is 2.06 bits per heavy atom. The predicted molar refractivity (Wildman–Crippen MR) is 115 cm³/mol. The second-order valence-corrected chi connectivity index (χ2v) is 7.39. The van der Waals surface area contributed by atoms with Crippen molar-refractivity contribution in [3.8, 4) is 0 Å². The molecule has 0 unspecified atom stereocenters. The monoisotopic (exact) mass is 499 g/mol. The maximum absolute atomic E-state index is 12.4. The summed E-state index contributed by atoms with van der Waals surface area (Å²) in [5.41, 5.74) is 4.14. The standard InChI is InChI=1S/C19H25N5O11/c1-7(25)31-6-11-13(32-8(2)26)14(33-9(3)27)15(34-10(4)28)17(35-11)21-16-12(23-30)18(29)24(5)19(20)22-16/h11,13-15,17,21H,6H2,1-5H3,(H2,20,22)/t11-,13-,14+,15-,17-/m1/s1. The lowest BCUT2D eigenvalue weighted by molar-refractivity contribution is -0.247. The molecule has 192 valence electrons. The Kier molecular flexibility index (Phi) is 8.82. The van der Waals surface area contributed by atoms with Crippen LogP contribution in [0.15, 0.2) is 9.97 Å². The quantitative estimate of drug-likeness (QED) is 0.256. The Hall–Kier alpha value is -4.08. The molecule has 1 saturated heterocycles. The number of nitroso groups, excluding NO2 is 1. The lowest BCUT2D eigenvalue weighted by Gasteiger charge is -2.44. The van der Waals surface area contributed by atoms with Crippen LogP contribution in [-0.4, -0.2) is 70.7 Å². The third kappa shape index (κ3) is 6.72. The number of ether oxygens (including phenoxy) is 5. The second kappa shape index (κ2) is 11.4. The fourth-order valence-corrected chi connectivity index (χ4v) is 3.27. The van der Waals surface area contributed by atoms with Crippen LogP contribution in [0.5, 0.6) is 0 Å². The topological polar surface area (TPSA) is 217 Å². The van der Waals surface area contributed by atoms with Gasteiger partial charge in [0.1, 0.15) is 12.7 Å². The van der Waals surface area contributed by atoms with Crippen LogP contribution in [0.2, 0.25) is 0 Å². The van der Waals surface area contributed by atoms with Crippen molar-refractivity contribution in [2.24, 2.45) is 12.2 Å². The Morgan fingerprint density at radius 2 is 1.54 bits per heavy atom. The molecule has 3 N–H and O–H groups in total. The van der Waals surface area contributed by atoms with Gasteiger partial charge in [-0.25, -0.2) is 0 Å². The number of esters is 4. The lowest BCUT2D eigenvalue weighted by Crippen LogP contribution is -2.64. The molecule has 5 atom stereocenters. The second-order valence-electron chi connectivity index (χ2n) is 7.39. The molecule has 16 nitrogen and oxygen atoms in total. The minimum atomic E-state index is -1.50. The molecule has 16 heteroatoms. The Morgan fingerprint density at radius 1 is 1.00 bits per heavy atom. The van der Waals surface area contributed by atoms with Gasteiger partial charge in [0.2, 0.25) is 11.6 Å². The van der Waals surface area contributed by atoms with Crippen molar-refractivity contribution >= 4 is 41.3 Å². The van der Waals surface area contributed by atoms with E-state index < -0.39 is 78.2 Å². The van der Waals surface area contributed by atoms with E-state index >= 15 is 0 Å². The largest absolute Gasteiger partial charge is 0.463 e. The van der Waals surface area contributed by atoms with Gasteiger partial charge in [-0.2, -0.15) is 4.98 Å². The zero-order valence-electron chi connectivity index (χ0n) is 19.5. The molecular weight excluding hydrogens is 474 g/mol. The van der Waals surface area contributed by atoms with E-state index in [4.69, 9.17) is 29.4 Å². The van der Waals surface area contributed by atoms with Crippen molar-refractivity contribution in [2.45, 2.75) is 58.3 Å². The van der Waals surface area contributed by atoms with E-state index in [9.17, 15) is 28.9 Å². The highest BCUT2D eigenvalue weighted by atomic mass is 16.7. The molecule has 1 aromatic heterocycles. The first-order valence-electron chi connectivity index (χ1n) is 10.1. The predicted octanol–water partition coefficient (Wildman–Crippen LogP) is -0.745. The summed E-state index contributed by atoms with van der Waals surface area (Å²) in [6.45, 7) is 3.85. The number of aromatic nitrogens is 2. The highest BCUT2D eigenvalue weighted by Crippen LogP contribution is 2.31. The first-order valence-corrected chi connectivity index (χ1v) is 10.1. The lowest BCUT2D eigenvalue weighted by atomic mass is 9.97. The fraction of sp³-hybridized carbons (Fsp3) is 0.579. The van der Waals surface area contributed by atoms with Gasteiger partial charge in [-0.3, -0.25) is 28.5 Å². The van der Waals surface area contributed by atoms with E-state index in [1.165, 1.54) is 7.05 Å². The summed E-state index contributed by atoms with van der Waals surface area (Å²) in [6.07, 6.45) is -7.09. The molecule has 2 heterocycles. The van der Waals surface area contributed by atoms with Crippen LogP contribution >= 0.6 is 0 Å². The van der Waals surface area contributed by atoms with Gasteiger partial charge in [-0.15, -0.1) is 4.91 Å². The van der Waals surface area contributed by atoms with Gasteiger partial charge in [0.15, 0.2) is 30.4 Å². The smallest absolute Gasteiger partial charge is 0.303 e. The summed E-state index contributed by atoms with van der Waals surface area (Å²) >= 11 is 0. The van der Waals surface area contributed by atoms with E-state index in [0.717, 1.165) is 32.3 Å². The number of hydrogen-bond acceptors (Lipinski definition) is 15. The number of nitrogens with two attached hydrogens (primary N) is 1. The maximum atomic E-state index is 12.4. The fourth-order valence-electron chi connectivity index (χ4n) is 3.27. The van der Waals surface area contributed by atoms with Crippen molar-refractivity contribution in [3.05, 3.63) is 15.3 Å². The summed E-state index contributed by atoms with van der Waals surface area (Å²) in [6, 6.07) is 0. The number of anilines is 2. The van der Waals surface area contributed by atoms with Gasteiger partial charge in [0, 0.05) is 34.7 Å². The van der Waals surface area contributed by atoms with Crippen LogP contribution in [0, 0.1) is 4.91 Å². The van der Waals surface area contributed by atoms with Crippen LogP contribution in [0.25, 0.3) is 0 Å². The maximum Gasteiger partial charge on any atom is 0.303 e. The summed E-state index contributed by atoms with van der Waals surface area (Å²) in [4.78, 5) is 74.5. The molecule has 1 fully saturated rings. The normalized spacial score (nSPS) is 23.5. The van der Waals surface area contributed by atoms with Crippen molar-refractivity contribution in [1.82, 2.24) is 9.55 Å². The molecule has 0 amide bonds. The molecule has 1 aliphatic rings. The Labute approximate surface area is 198 Å². The summed E-state index contributed by atoms with van der Waals surface area (Å²) in [5.74, 6) is -3.89. The number of nitrogens with one attached hydrogen (secondary N) is 1. The molecule has 0 radical (unpaired) electrons. The highest BCUT2D eigenvalue weighted by molar-refractivity contribution is 5.69. The third-order valence-electron chi connectivity index (χ3n) is 4.66. The summed E-state index contributed by atoms with van der Waals surface area (Å²) in [5, 5.41) is 5.26. The molecule has 0 aromatic carbocycles. The molecular formula is C19H25N5O11. The number of hydrogen-bond donors (Lipinski definition) is 2. The minimum Gasteiger partial charge on any atom is -0.463 e. The number of rotatable bonds is 8. The highest BCUT2D eigenvalue weighted by Gasteiger charge is 2.52. The third-order valence-corrected chi connectivity index (χ3v) is 4.66. The number of carbonyl (C=O) groups excluding carboxylic acids is 4. The average Bonchev–Trinajstić information content (AvgIpc) is 2.74. The van der Waals surface area contributed by atoms with Gasteiger partial charge in [0.05, 0.1) is 0 Å². The van der Waals surface area contributed by atoms with Crippen LogP contribution < -0.4 is 16.6 Å². The molecule has 1 aromatic rings. The van der Waals surface area contributed by atoms with Gasteiger partial charge < -0.3 is 34.7 Å². The molecule has 0 aliphatic carbocycles. The van der Waals surface area contributed by atoms with Crippen LogP contribution in [0.3, 0.4) is 0 Å². The van der Waals surface area contributed by atoms with Crippen molar-refractivity contribution in [2.75, 3.05) is 17.7 Å². The first-order chi connectivity index (χ1) is 16.3. The van der Waals surface area contributed by atoms with E-state index in [0.29, 0.717) is 0 Å². The molecule has 2 rings (SSSR count). The van der Waals surface area contributed by atoms with Crippen molar-refractivity contribution in [1.29, 1.82) is 0 Å². The summed E-state index contributed by atoms with van der Waals surface area (Å²) < 4.78 is 27.5. The van der Waals surface area contributed by atoms with Crippen LogP contribution in [0.4, 0.5) is 17.5 Å². The number of nitrogens with zero attached hydrogens (tertiary/aromatic N) is 3. The molecule has 0 spiro atoms. The summed E-state index contributed by atoms with van der Waals surface area (Å²) in [7, 11) is 1.26. The molecule has 0 bridgehead atoms. The van der Waals surface area contributed by atoms with Gasteiger partial charge >= 0.3 is 23.9 Å². The first kappa shape index (κ1) is 27.2. The minimum absolute atomic E-state index is 0.296. The Bertz CT molecular complexity index is 1070. The Balaban J connectivity index is 2.60. The van der Waals surface area contributed by atoms with Crippen molar-refractivity contribution in [3.63, 3.8) is 0 Å². The van der Waals surface area contributed by atoms with Crippen molar-refractivity contribution < 1.29 is 42.9 Å². The van der Waals surface area contributed by atoms with Gasteiger partial charge in [-0.05, 0) is 5.18 Å². The number of carbonyl (C=O) groups is 4. The van der Waals surface area contributed by atoms with Gasteiger partial charge in [0.25, 0.3) is 5.56 Å². The van der Waals surface area contributed by atoms with E-state index in [1.807, 2.05) is 0 Å². The SMILES string of the molecule is CC(=O)OC[C@H]1O[C@@H](Nc2nc(N)n(C)c(=O)c2N=O)[C@H](OC(C)=O)[C@@H](OC(C)=O)[C@@H]1OC(C)=O. The van der Waals surface area contributed by atoms with Crippen LogP contribution in [0.1, 0.15) is 27.7 Å². The van der Waals surface area contributed by atoms with Gasteiger partial charge in [-0.1, -0.05) is 0 Å². The van der Waals surface area contributed by atoms with E-state index in [-0.39, 0.29) is 5.95 Å². The van der Waals surface area contributed by atoms with E-state index in [2.05, 4.69) is 15.5 Å². The molecule has 0 saturated carbocycles.